The first-order valence-electron chi connectivity index (χ1n) is 8.87. The molecule has 1 N–H and O–H groups in total. The molecule has 1 aromatic carbocycles. The number of fused-ring (bicyclic) bond motifs is 1. The summed E-state index contributed by atoms with van der Waals surface area (Å²) in [5.41, 5.74) is 0.110. The van der Waals surface area contributed by atoms with Gasteiger partial charge in [-0.25, -0.2) is 0 Å². The number of hydrogen-bond acceptors (Lipinski definition) is 2. The lowest BCUT2D eigenvalue weighted by molar-refractivity contribution is -0.129. The van der Waals surface area contributed by atoms with Gasteiger partial charge in [-0.2, -0.15) is 0 Å². The summed E-state index contributed by atoms with van der Waals surface area (Å²) in [4.78, 5) is 27.3. The summed E-state index contributed by atoms with van der Waals surface area (Å²) in [6.07, 6.45) is 3.88. The maximum Gasteiger partial charge on any atom is 0.232 e. The number of halogens is 1. The predicted octanol–water partition coefficient (Wildman–Crippen LogP) is 3.28. The number of nitrogens with zero attached hydrogens (tertiary/aromatic N) is 1. The quantitative estimate of drug-likeness (QED) is 0.887. The van der Waals surface area contributed by atoms with Crippen molar-refractivity contribution >= 4 is 23.4 Å². The van der Waals surface area contributed by atoms with Gasteiger partial charge in [-0.3, -0.25) is 9.59 Å². The summed E-state index contributed by atoms with van der Waals surface area (Å²) < 4.78 is 0. The Morgan fingerprint density at radius 3 is 2.71 bits per heavy atom. The molecule has 2 saturated heterocycles. The van der Waals surface area contributed by atoms with Gasteiger partial charge in [0.2, 0.25) is 11.8 Å². The van der Waals surface area contributed by atoms with Crippen LogP contribution in [0.15, 0.2) is 24.3 Å². The highest BCUT2D eigenvalue weighted by Gasteiger charge is 2.54. The Balaban J connectivity index is 1.98. The van der Waals surface area contributed by atoms with Crippen LogP contribution < -0.4 is 5.32 Å². The van der Waals surface area contributed by atoms with Crippen LogP contribution in [0.3, 0.4) is 0 Å². The molecular formula is C19H25ClN2O2. The highest BCUT2D eigenvalue weighted by molar-refractivity contribution is 6.31. The van der Waals surface area contributed by atoms with E-state index >= 15 is 0 Å². The zero-order valence-corrected chi connectivity index (χ0v) is 15.1. The normalized spacial score (nSPS) is 26.1. The SMILES string of the molecule is CCC(CC)NC(=O)[C@@]1(c2ccccc2Cl)C[C@@H]2CCC(=O)N2C1. The third kappa shape index (κ3) is 2.81. The Labute approximate surface area is 148 Å². The number of hydrogen-bond donors (Lipinski definition) is 1. The summed E-state index contributed by atoms with van der Waals surface area (Å²) in [6, 6.07) is 7.86. The molecule has 4 nitrogen and oxygen atoms in total. The standard InChI is InChI=1S/C19H25ClN2O2/c1-3-13(4-2)21-18(24)19(15-7-5-6-8-16(15)20)11-14-9-10-17(23)22(14)12-19/h5-8,13-14H,3-4,9-12H2,1-2H3,(H,21,24)/t14-,19-/m0/s1. The van der Waals surface area contributed by atoms with Gasteiger partial charge in [0, 0.05) is 30.1 Å². The van der Waals surface area contributed by atoms with Crippen molar-refractivity contribution in [1.82, 2.24) is 10.2 Å². The van der Waals surface area contributed by atoms with Crippen molar-refractivity contribution in [3.63, 3.8) is 0 Å². The smallest absolute Gasteiger partial charge is 0.232 e. The first-order chi connectivity index (χ1) is 11.5. The van der Waals surface area contributed by atoms with E-state index in [2.05, 4.69) is 19.2 Å². The van der Waals surface area contributed by atoms with E-state index in [4.69, 9.17) is 11.6 Å². The van der Waals surface area contributed by atoms with E-state index in [1.54, 1.807) is 0 Å². The van der Waals surface area contributed by atoms with Crippen LogP contribution in [0.5, 0.6) is 0 Å². The third-order valence-electron chi connectivity index (χ3n) is 5.62. The van der Waals surface area contributed by atoms with E-state index in [1.807, 2.05) is 29.2 Å². The monoisotopic (exact) mass is 348 g/mol. The minimum Gasteiger partial charge on any atom is -0.353 e. The van der Waals surface area contributed by atoms with Gasteiger partial charge in [-0.15, -0.1) is 0 Å². The van der Waals surface area contributed by atoms with Gasteiger partial charge in [-0.05, 0) is 37.3 Å². The zero-order chi connectivity index (χ0) is 17.3. The summed E-state index contributed by atoms with van der Waals surface area (Å²) in [5.74, 6) is 0.163. The largest absolute Gasteiger partial charge is 0.353 e. The maximum atomic E-state index is 13.3. The fourth-order valence-corrected chi connectivity index (χ4v) is 4.44. The van der Waals surface area contributed by atoms with Crippen molar-refractivity contribution in [2.75, 3.05) is 6.54 Å². The number of rotatable bonds is 5. The lowest BCUT2D eigenvalue weighted by Gasteiger charge is -2.31. The molecule has 130 valence electrons. The number of carbonyl (C=O) groups is 2. The second-order valence-electron chi connectivity index (χ2n) is 6.97. The second-order valence-corrected chi connectivity index (χ2v) is 7.37. The zero-order valence-electron chi connectivity index (χ0n) is 14.3. The minimum absolute atomic E-state index is 0.00602. The van der Waals surface area contributed by atoms with Crippen LogP contribution >= 0.6 is 11.6 Å². The molecule has 2 aliphatic heterocycles. The molecule has 0 aromatic heterocycles. The number of benzene rings is 1. The Bertz CT molecular complexity index is 644. The van der Waals surface area contributed by atoms with Gasteiger partial charge < -0.3 is 10.2 Å². The molecule has 2 heterocycles. The van der Waals surface area contributed by atoms with E-state index in [0.29, 0.717) is 24.4 Å². The molecule has 3 rings (SSSR count). The average Bonchev–Trinajstić information content (AvgIpc) is 3.13. The van der Waals surface area contributed by atoms with Crippen LogP contribution in [-0.4, -0.2) is 35.3 Å². The van der Waals surface area contributed by atoms with Crippen molar-refractivity contribution < 1.29 is 9.59 Å². The molecule has 24 heavy (non-hydrogen) atoms. The van der Waals surface area contributed by atoms with Crippen molar-refractivity contribution in [3.05, 3.63) is 34.9 Å². The Morgan fingerprint density at radius 1 is 1.38 bits per heavy atom. The Kier molecular flexibility index (Phi) is 4.86. The van der Waals surface area contributed by atoms with Crippen LogP contribution in [0.1, 0.15) is 51.5 Å². The van der Waals surface area contributed by atoms with Crippen LogP contribution in [0, 0.1) is 0 Å². The minimum atomic E-state index is -0.734. The highest BCUT2D eigenvalue weighted by atomic mass is 35.5. The summed E-state index contributed by atoms with van der Waals surface area (Å²) in [5, 5.41) is 3.80. The summed E-state index contributed by atoms with van der Waals surface area (Å²) in [6.45, 7) is 4.59. The second kappa shape index (κ2) is 6.75. The molecular weight excluding hydrogens is 324 g/mol. The maximum absolute atomic E-state index is 13.3. The molecule has 2 aliphatic rings. The lowest BCUT2D eigenvalue weighted by atomic mass is 9.76. The van der Waals surface area contributed by atoms with Gasteiger partial charge in [-0.1, -0.05) is 43.6 Å². The average molecular weight is 349 g/mol. The van der Waals surface area contributed by atoms with Crippen LogP contribution in [-0.2, 0) is 15.0 Å². The molecule has 5 heteroatoms. The van der Waals surface area contributed by atoms with E-state index in [9.17, 15) is 9.59 Å². The Morgan fingerprint density at radius 2 is 2.08 bits per heavy atom. The van der Waals surface area contributed by atoms with Crippen molar-refractivity contribution in [2.24, 2.45) is 0 Å². The van der Waals surface area contributed by atoms with E-state index in [-0.39, 0.29) is 23.9 Å². The number of carbonyl (C=O) groups excluding carboxylic acids is 2. The van der Waals surface area contributed by atoms with E-state index < -0.39 is 5.41 Å². The predicted molar refractivity (Wildman–Crippen MR) is 95.0 cm³/mol. The molecule has 2 atom stereocenters. The molecule has 0 radical (unpaired) electrons. The van der Waals surface area contributed by atoms with Crippen molar-refractivity contribution in [3.8, 4) is 0 Å². The van der Waals surface area contributed by atoms with Crippen molar-refractivity contribution in [2.45, 2.75) is 63.5 Å². The fourth-order valence-electron chi connectivity index (χ4n) is 4.13. The first-order valence-corrected chi connectivity index (χ1v) is 9.25. The first kappa shape index (κ1) is 17.3. The highest BCUT2D eigenvalue weighted by Crippen LogP contribution is 2.45. The van der Waals surface area contributed by atoms with Gasteiger partial charge in [0.25, 0.3) is 0 Å². The molecule has 0 spiro atoms. The summed E-state index contributed by atoms with van der Waals surface area (Å²) in [7, 11) is 0. The molecule has 0 unspecified atom stereocenters. The van der Waals surface area contributed by atoms with Crippen LogP contribution in [0.25, 0.3) is 0 Å². The van der Waals surface area contributed by atoms with E-state index in [0.717, 1.165) is 24.8 Å². The lowest BCUT2D eigenvalue weighted by Crippen LogP contribution is -2.50. The van der Waals surface area contributed by atoms with Gasteiger partial charge >= 0.3 is 0 Å². The van der Waals surface area contributed by atoms with Crippen LogP contribution in [0.4, 0.5) is 0 Å². The van der Waals surface area contributed by atoms with Crippen molar-refractivity contribution in [1.29, 1.82) is 0 Å². The summed E-state index contributed by atoms with van der Waals surface area (Å²) >= 11 is 6.45. The number of amides is 2. The molecule has 0 saturated carbocycles. The fraction of sp³-hybridized carbons (Fsp3) is 0.579. The third-order valence-corrected chi connectivity index (χ3v) is 5.95. The molecule has 0 aliphatic carbocycles. The Hall–Kier alpha value is -1.55. The molecule has 0 bridgehead atoms. The molecule has 2 fully saturated rings. The van der Waals surface area contributed by atoms with E-state index in [1.165, 1.54) is 0 Å². The topological polar surface area (TPSA) is 49.4 Å². The number of nitrogens with one attached hydrogen (secondary N) is 1. The van der Waals surface area contributed by atoms with Gasteiger partial charge in [0.15, 0.2) is 0 Å². The van der Waals surface area contributed by atoms with Gasteiger partial charge in [0.1, 0.15) is 0 Å². The van der Waals surface area contributed by atoms with Gasteiger partial charge in [0.05, 0.1) is 5.41 Å². The molecule has 2 amide bonds. The molecule has 1 aromatic rings. The van der Waals surface area contributed by atoms with Crippen LogP contribution in [0.2, 0.25) is 5.02 Å².